The van der Waals surface area contributed by atoms with E-state index >= 15 is 0 Å². The molecule has 2 aliphatic rings. The van der Waals surface area contributed by atoms with Crippen LogP contribution in [0.5, 0.6) is 0 Å². The number of hydrogen-bond donors (Lipinski definition) is 1. The number of carbonyl (C=O) groups excluding carboxylic acids is 1. The Bertz CT molecular complexity index is 623. The Kier molecular flexibility index (Phi) is 3.96. The van der Waals surface area contributed by atoms with Crippen molar-refractivity contribution in [3.8, 4) is 0 Å². The highest BCUT2D eigenvalue weighted by molar-refractivity contribution is 9.10. The maximum absolute atomic E-state index is 12.1. The van der Waals surface area contributed by atoms with Gasteiger partial charge in [0.25, 0.3) is 0 Å². The molecule has 1 atom stereocenters. The van der Waals surface area contributed by atoms with Crippen molar-refractivity contribution in [1.82, 2.24) is 9.88 Å². The number of halogens is 1. The van der Waals surface area contributed by atoms with E-state index in [0.717, 1.165) is 12.0 Å². The van der Waals surface area contributed by atoms with Crippen LogP contribution in [0.15, 0.2) is 22.9 Å². The largest absolute Gasteiger partial charge is 0.444 e. The second kappa shape index (κ2) is 5.45. The molecule has 2 heterocycles. The lowest BCUT2D eigenvalue weighted by Crippen LogP contribution is -2.58. The Morgan fingerprint density at radius 2 is 2.09 bits per heavy atom. The van der Waals surface area contributed by atoms with E-state index in [0.29, 0.717) is 30.5 Å². The first-order valence-electron chi connectivity index (χ1n) is 7.94. The molecule has 3 rings (SSSR count). The number of rotatable bonds is 1. The zero-order valence-electron chi connectivity index (χ0n) is 13.8. The molecule has 1 aliphatic carbocycles. The highest BCUT2D eigenvalue weighted by Gasteiger charge is 2.56. The van der Waals surface area contributed by atoms with Crippen LogP contribution in [0.2, 0.25) is 0 Å². The molecule has 1 N–H and O–H groups in total. The van der Waals surface area contributed by atoms with Crippen LogP contribution in [0.3, 0.4) is 0 Å². The molecule has 1 aromatic rings. The number of nitrogens with zero attached hydrogens (tertiary/aromatic N) is 2. The SMILES string of the molecule is CC(C)(C)OC(=O)N1CC2(CCC(O)(c3cccnc3Br)C2)C1. The zero-order chi connectivity index (χ0) is 16.9. The van der Waals surface area contributed by atoms with E-state index < -0.39 is 11.2 Å². The summed E-state index contributed by atoms with van der Waals surface area (Å²) >= 11 is 3.43. The summed E-state index contributed by atoms with van der Waals surface area (Å²) in [5.74, 6) is 0. The predicted molar refractivity (Wildman–Crippen MR) is 89.9 cm³/mol. The number of aliphatic hydroxyl groups is 1. The summed E-state index contributed by atoms with van der Waals surface area (Å²) in [5, 5.41) is 11.1. The topological polar surface area (TPSA) is 62.7 Å². The van der Waals surface area contributed by atoms with Crippen LogP contribution in [0.25, 0.3) is 0 Å². The summed E-state index contributed by atoms with van der Waals surface area (Å²) in [5.41, 5.74) is -0.502. The third kappa shape index (κ3) is 3.24. The number of aromatic nitrogens is 1. The fraction of sp³-hybridized carbons (Fsp3) is 0.647. The van der Waals surface area contributed by atoms with Gasteiger partial charge >= 0.3 is 6.09 Å². The van der Waals surface area contributed by atoms with Crippen molar-refractivity contribution in [2.24, 2.45) is 5.41 Å². The molecule has 1 amide bonds. The third-order valence-corrected chi connectivity index (χ3v) is 5.33. The van der Waals surface area contributed by atoms with Crippen LogP contribution < -0.4 is 0 Å². The first-order chi connectivity index (χ1) is 10.6. The second-order valence-corrected chi connectivity index (χ2v) is 8.64. The van der Waals surface area contributed by atoms with E-state index in [4.69, 9.17) is 4.74 Å². The lowest BCUT2D eigenvalue weighted by Gasteiger charge is -2.48. The van der Waals surface area contributed by atoms with Crippen LogP contribution >= 0.6 is 15.9 Å². The maximum atomic E-state index is 12.1. The van der Waals surface area contributed by atoms with Gasteiger partial charge in [-0.05, 0) is 62.0 Å². The summed E-state index contributed by atoms with van der Waals surface area (Å²) in [4.78, 5) is 18.0. The molecule has 0 radical (unpaired) electrons. The van der Waals surface area contributed by atoms with E-state index in [-0.39, 0.29) is 11.5 Å². The molecule has 1 aromatic heterocycles. The van der Waals surface area contributed by atoms with E-state index in [2.05, 4.69) is 20.9 Å². The number of carbonyl (C=O) groups is 1. The fourth-order valence-corrected chi connectivity index (χ4v) is 4.34. The molecular weight excluding hydrogens is 360 g/mol. The van der Waals surface area contributed by atoms with E-state index in [9.17, 15) is 9.90 Å². The summed E-state index contributed by atoms with van der Waals surface area (Å²) < 4.78 is 6.10. The van der Waals surface area contributed by atoms with Gasteiger partial charge in [0.2, 0.25) is 0 Å². The average Bonchev–Trinajstić information content (AvgIpc) is 2.75. The van der Waals surface area contributed by atoms with Gasteiger partial charge < -0.3 is 14.7 Å². The number of amides is 1. The Balaban J connectivity index is 1.66. The molecule has 6 heteroatoms. The normalized spacial score (nSPS) is 26.2. The van der Waals surface area contributed by atoms with Gasteiger partial charge in [0.1, 0.15) is 10.2 Å². The molecule has 1 spiro atoms. The van der Waals surface area contributed by atoms with Crippen LogP contribution in [-0.2, 0) is 10.3 Å². The van der Waals surface area contributed by atoms with Gasteiger partial charge in [-0.3, -0.25) is 0 Å². The Morgan fingerprint density at radius 3 is 2.70 bits per heavy atom. The van der Waals surface area contributed by atoms with Crippen molar-refractivity contribution < 1.29 is 14.6 Å². The van der Waals surface area contributed by atoms with E-state index in [1.54, 1.807) is 11.1 Å². The Labute approximate surface area is 145 Å². The van der Waals surface area contributed by atoms with E-state index in [1.165, 1.54) is 0 Å². The van der Waals surface area contributed by atoms with Crippen molar-refractivity contribution in [1.29, 1.82) is 0 Å². The molecule has 23 heavy (non-hydrogen) atoms. The van der Waals surface area contributed by atoms with Crippen LogP contribution in [0.4, 0.5) is 4.79 Å². The van der Waals surface area contributed by atoms with Crippen molar-refractivity contribution >= 4 is 22.0 Å². The Morgan fingerprint density at radius 1 is 1.39 bits per heavy atom. The van der Waals surface area contributed by atoms with Gasteiger partial charge in [0, 0.05) is 30.3 Å². The summed E-state index contributed by atoms with van der Waals surface area (Å²) in [7, 11) is 0. The fourth-order valence-electron chi connectivity index (χ4n) is 3.72. The first-order valence-corrected chi connectivity index (χ1v) is 8.73. The molecular formula is C17H23BrN2O3. The number of pyridine rings is 1. The standard InChI is InChI=1S/C17H23BrN2O3/c1-15(2,3)23-14(21)20-10-16(11-20)6-7-17(22,9-16)12-5-4-8-19-13(12)18/h4-5,8,22H,6-7,9-11H2,1-3H3. The van der Waals surface area contributed by atoms with Crippen LogP contribution in [0.1, 0.15) is 45.6 Å². The molecule has 1 saturated heterocycles. The monoisotopic (exact) mass is 382 g/mol. The van der Waals surface area contributed by atoms with Gasteiger partial charge in [-0.25, -0.2) is 9.78 Å². The molecule has 126 valence electrons. The van der Waals surface area contributed by atoms with Crippen LogP contribution in [0, 0.1) is 5.41 Å². The minimum absolute atomic E-state index is 0.000928. The zero-order valence-corrected chi connectivity index (χ0v) is 15.4. The summed E-state index contributed by atoms with van der Waals surface area (Å²) in [6.07, 6.45) is 3.70. The molecule has 5 nitrogen and oxygen atoms in total. The van der Waals surface area contributed by atoms with Crippen molar-refractivity contribution in [2.75, 3.05) is 13.1 Å². The van der Waals surface area contributed by atoms with Gasteiger partial charge in [0.15, 0.2) is 0 Å². The summed E-state index contributed by atoms with van der Waals surface area (Å²) in [6, 6.07) is 3.76. The molecule has 2 fully saturated rings. The first kappa shape index (κ1) is 16.7. The Hall–Kier alpha value is -1.14. The number of hydrogen-bond acceptors (Lipinski definition) is 4. The van der Waals surface area contributed by atoms with Gasteiger partial charge in [-0.1, -0.05) is 6.07 Å². The maximum Gasteiger partial charge on any atom is 0.410 e. The molecule has 0 aromatic carbocycles. The quantitative estimate of drug-likeness (QED) is 0.755. The second-order valence-electron chi connectivity index (χ2n) is 7.89. The molecule has 1 unspecified atom stereocenters. The van der Waals surface area contributed by atoms with E-state index in [1.807, 2.05) is 32.9 Å². The highest BCUT2D eigenvalue weighted by Crippen LogP contribution is 2.54. The highest BCUT2D eigenvalue weighted by atomic mass is 79.9. The minimum Gasteiger partial charge on any atom is -0.444 e. The molecule has 1 aliphatic heterocycles. The average molecular weight is 383 g/mol. The smallest absolute Gasteiger partial charge is 0.410 e. The minimum atomic E-state index is -0.868. The van der Waals surface area contributed by atoms with Crippen molar-refractivity contribution in [3.63, 3.8) is 0 Å². The predicted octanol–water partition coefficient (Wildman–Crippen LogP) is 3.45. The lowest BCUT2D eigenvalue weighted by molar-refractivity contribution is -0.0480. The van der Waals surface area contributed by atoms with Gasteiger partial charge in [-0.15, -0.1) is 0 Å². The van der Waals surface area contributed by atoms with Crippen molar-refractivity contribution in [2.45, 2.75) is 51.2 Å². The van der Waals surface area contributed by atoms with Crippen LogP contribution in [-0.4, -0.2) is 39.8 Å². The van der Waals surface area contributed by atoms with Gasteiger partial charge in [0.05, 0.1) is 5.60 Å². The number of ether oxygens (including phenoxy) is 1. The van der Waals surface area contributed by atoms with Gasteiger partial charge in [-0.2, -0.15) is 0 Å². The van der Waals surface area contributed by atoms with Crippen molar-refractivity contribution in [3.05, 3.63) is 28.5 Å². The lowest BCUT2D eigenvalue weighted by atomic mass is 9.76. The molecule has 0 bridgehead atoms. The summed E-state index contributed by atoms with van der Waals surface area (Å²) in [6.45, 7) is 6.92. The number of likely N-dealkylation sites (tertiary alicyclic amines) is 1. The molecule has 1 saturated carbocycles. The third-order valence-electron chi connectivity index (χ3n) is 4.70.